The van der Waals surface area contributed by atoms with Crippen molar-refractivity contribution in [3.05, 3.63) is 23.5 Å². The van der Waals surface area contributed by atoms with Crippen molar-refractivity contribution in [3.8, 4) is 0 Å². The molecule has 0 atom stereocenters. The first-order chi connectivity index (χ1) is 7.58. The molecule has 0 fully saturated rings. The number of hydrogen-bond donors (Lipinski definition) is 1. The molecule has 0 saturated carbocycles. The maximum atomic E-state index is 11.8. The van der Waals surface area contributed by atoms with Gasteiger partial charge in [0, 0.05) is 18.9 Å². The van der Waals surface area contributed by atoms with E-state index < -0.39 is 10.0 Å². The normalized spacial score (nSPS) is 11.6. The fourth-order valence-electron chi connectivity index (χ4n) is 1.22. The van der Waals surface area contributed by atoms with Crippen molar-refractivity contribution in [1.29, 1.82) is 0 Å². The molecule has 16 heavy (non-hydrogen) atoms. The standard InChI is InChI=1S/C10H15ClN2O2S/c1-2-3-4-6-13-16(14,15)10-8-12-7-5-9(10)11/h5,7-8,13H,2-4,6H2,1H3. The smallest absolute Gasteiger partial charge is 0.243 e. The first-order valence-electron chi connectivity index (χ1n) is 5.17. The van der Waals surface area contributed by atoms with Gasteiger partial charge in [-0.2, -0.15) is 0 Å². The van der Waals surface area contributed by atoms with Gasteiger partial charge in [0.05, 0.1) is 5.02 Å². The van der Waals surface area contributed by atoms with Crippen molar-refractivity contribution in [2.75, 3.05) is 6.54 Å². The SMILES string of the molecule is CCCCCNS(=O)(=O)c1cnccc1Cl. The van der Waals surface area contributed by atoms with Gasteiger partial charge in [0.1, 0.15) is 4.90 Å². The van der Waals surface area contributed by atoms with Crippen molar-refractivity contribution < 1.29 is 8.42 Å². The van der Waals surface area contributed by atoms with Crippen LogP contribution in [0.25, 0.3) is 0 Å². The highest BCUT2D eigenvalue weighted by molar-refractivity contribution is 7.89. The van der Waals surface area contributed by atoms with Crippen molar-refractivity contribution in [1.82, 2.24) is 9.71 Å². The Balaban J connectivity index is 2.68. The number of halogens is 1. The van der Waals surface area contributed by atoms with Crippen LogP contribution in [0.5, 0.6) is 0 Å². The second kappa shape index (κ2) is 6.18. The van der Waals surface area contributed by atoms with Gasteiger partial charge in [-0.15, -0.1) is 0 Å². The molecule has 1 rings (SSSR count). The van der Waals surface area contributed by atoms with Gasteiger partial charge in [0.25, 0.3) is 0 Å². The van der Waals surface area contributed by atoms with E-state index in [-0.39, 0.29) is 9.92 Å². The molecule has 0 radical (unpaired) electrons. The molecule has 90 valence electrons. The van der Waals surface area contributed by atoms with E-state index in [0.717, 1.165) is 19.3 Å². The molecule has 0 unspecified atom stereocenters. The van der Waals surface area contributed by atoms with E-state index in [1.807, 2.05) is 0 Å². The van der Waals surface area contributed by atoms with Crippen LogP contribution >= 0.6 is 11.6 Å². The van der Waals surface area contributed by atoms with Crippen molar-refractivity contribution in [2.45, 2.75) is 31.1 Å². The van der Waals surface area contributed by atoms with Crippen molar-refractivity contribution in [2.24, 2.45) is 0 Å². The summed E-state index contributed by atoms with van der Waals surface area (Å²) < 4.78 is 26.1. The summed E-state index contributed by atoms with van der Waals surface area (Å²) in [7, 11) is -3.52. The number of rotatable bonds is 6. The molecule has 0 spiro atoms. The lowest BCUT2D eigenvalue weighted by Gasteiger charge is -2.07. The fourth-order valence-corrected chi connectivity index (χ4v) is 2.72. The zero-order valence-corrected chi connectivity index (χ0v) is 10.7. The fraction of sp³-hybridized carbons (Fsp3) is 0.500. The Hall–Kier alpha value is -0.650. The largest absolute Gasteiger partial charge is 0.263 e. The summed E-state index contributed by atoms with van der Waals surface area (Å²) in [4.78, 5) is 3.79. The van der Waals surface area contributed by atoms with Gasteiger partial charge < -0.3 is 0 Å². The topological polar surface area (TPSA) is 59.1 Å². The number of nitrogens with zero attached hydrogens (tertiary/aromatic N) is 1. The van der Waals surface area contributed by atoms with Crippen LogP contribution in [0, 0.1) is 0 Å². The van der Waals surface area contributed by atoms with E-state index >= 15 is 0 Å². The molecule has 4 nitrogen and oxygen atoms in total. The summed E-state index contributed by atoms with van der Waals surface area (Å²) >= 11 is 5.79. The predicted octanol–water partition coefficient (Wildman–Crippen LogP) is 2.20. The third-order valence-corrected chi connectivity index (χ3v) is 4.03. The van der Waals surface area contributed by atoms with Gasteiger partial charge in [-0.3, -0.25) is 4.98 Å². The minimum Gasteiger partial charge on any atom is -0.263 e. The summed E-state index contributed by atoms with van der Waals surface area (Å²) in [6, 6.07) is 1.46. The van der Waals surface area contributed by atoms with E-state index in [0.29, 0.717) is 6.54 Å². The van der Waals surface area contributed by atoms with E-state index in [2.05, 4.69) is 16.6 Å². The number of aromatic nitrogens is 1. The summed E-state index contributed by atoms with van der Waals surface area (Å²) in [6.07, 6.45) is 5.59. The van der Waals surface area contributed by atoms with Crippen molar-refractivity contribution >= 4 is 21.6 Å². The Morgan fingerprint density at radius 1 is 1.44 bits per heavy atom. The van der Waals surface area contributed by atoms with E-state index in [9.17, 15) is 8.42 Å². The molecule has 1 aromatic rings. The summed E-state index contributed by atoms with van der Waals surface area (Å²) in [5, 5.41) is 0.193. The van der Waals surface area contributed by atoms with Crippen LogP contribution < -0.4 is 4.72 Å². The molecular formula is C10H15ClN2O2S. The van der Waals surface area contributed by atoms with Gasteiger partial charge >= 0.3 is 0 Å². The van der Waals surface area contributed by atoms with Gasteiger partial charge in [-0.25, -0.2) is 13.1 Å². The molecule has 0 aliphatic heterocycles. The van der Waals surface area contributed by atoms with Crippen LogP contribution in [0.3, 0.4) is 0 Å². The van der Waals surface area contributed by atoms with Gasteiger partial charge in [-0.1, -0.05) is 31.4 Å². The second-order valence-electron chi connectivity index (χ2n) is 3.41. The van der Waals surface area contributed by atoms with Crippen LogP contribution in [0.15, 0.2) is 23.4 Å². The molecule has 6 heteroatoms. The quantitative estimate of drug-likeness (QED) is 0.800. The van der Waals surface area contributed by atoms with Crippen LogP contribution in [0.1, 0.15) is 26.2 Å². The molecular weight excluding hydrogens is 248 g/mol. The lowest BCUT2D eigenvalue weighted by Crippen LogP contribution is -2.25. The maximum absolute atomic E-state index is 11.8. The first kappa shape index (κ1) is 13.4. The Labute approximate surface area is 101 Å². The third kappa shape index (κ3) is 3.73. The lowest BCUT2D eigenvalue weighted by atomic mass is 10.3. The summed E-state index contributed by atoms with van der Waals surface area (Å²) in [5.74, 6) is 0. The predicted molar refractivity (Wildman–Crippen MR) is 64.0 cm³/mol. The highest BCUT2D eigenvalue weighted by atomic mass is 35.5. The average molecular weight is 263 g/mol. The summed E-state index contributed by atoms with van der Waals surface area (Å²) in [5.41, 5.74) is 0. The number of nitrogens with one attached hydrogen (secondary N) is 1. The minimum absolute atomic E-state index is 0.0353. The minimum atomic E-state index is -3.52. The zero-order valence-electron chi connectivity index (χ0n) is 9.11. The van der Waals surface area contributed by atoms with Crippen LogP contribution in [-0.4, -0.2) is 19.9 Å². The van der Waals surface area contributed by atoms with Crippen LogP contribution in [0.4, 0.5) is 0 Å². The summed E-state index contributed by atoms with van der Waals surface area (Å²) in [6.45, 7) is 2.49. The molecule has 0 aliphatic rings. The Bertz CT molecular complexity index is 434. The van der Waals surface area contributed by atoms with E-state index in [1.54, 1.807) is 0 Å². The van der Waals surface area contributed by atoms with Gasteiger partial charge in [0.2, 0.25) is 10.0 Å². The number of pyridine rings is 1. The highest BCUT2D eigenvalue weighted by Crippen LogP contribution is 2.18. The zero-order chi connectivity index (χ0) is 12.0. The third-order valence-electron chi connectivity index (χ3n) is 2.10. The molecule has 0 aromatic carbocycles. The monoisotopic (exact) mass is 262 g/mol. The van der Waals surface area contributed by atoms with Crippen LogP contribution in [0.2, 0.25) is 5.02 Å². The first-order valence-corrected chi connectivity index (χ1v) is 7.03. The lowest BCUT2D eigenvalue weighted by molar-refractivity contribution is 0.575. The highest BCUT2D eigenvalue weighted by Gasteiger charge is 2.16. The van der Waals surface area contributed by atoms with Gasteiger partial charge in [-0.05, 0) is 12.5 Å². The maximum Gasteiger partial charge on any atom is 0.243 e. The molecule has 0 aliphatic carbocycles. The number of hydrogen-bond acceptors (Lipinski definition) is 3. The Kier molecular flexibility index (Phi) is 5.18. The molecule has 1 heterocycles. The number of unbranched alkanes of at least 4 members (excludes halogenated alkanes) is 2. The molecule has 0 bridgehead atoms. The average Bonchev–Trinajstić information content (AvgIpc) is 2.25. The Morgan fingerprint density at radius 2 is 2.19 bits per heavy atom. The van der Waals surface area contributed by atoms with Gasteiger partial charge in [0.15, 0.2) is 0 Å². The molecule has 1 N–H and O–H groups in total. The van der Waals surface area contributed by atoms with E-state index in [1.165, 1.54) is 18.5 Å². The van der Waals surface area contributed by atoms with E-state index in [4.69, 9.17) is 11.6 Å². The Morgan fingerprint density at radius 3 is 2.81 bits per heavy atom. The van der Waals surface area contributed by atoms with Crippen LogP contribution in [-0.2, 0) is 10.0 Å². The van der Waals surface area contributed by atoms with Crippen molar-refractivity contribution in [3.63, 3.8) is 0 Å². The number of sulfonamides is 1. The second-order valence-corrected chi connectivity index (χ2v) is 5.55. The molecule has 1 aromatic heterocycles. The molecule has 0 amide bonds. The molecule has 0 saturated heterocycles.